The van der Waals surface area contributed by atoms with Crippen LogP contribution in [0.1, 0.15) is 24.0 Å². The van der Waals surface area contributed by atoms with Gasteiger partial charge >= 0.3 is 0 Å². The Hall–Kier alpha value is -2.01. The number of ether oxygens (including phenoxy) is 1. The molecule has 0 saturated carbocycles. The lowest BCUT2D eigenvalue weighted by Gasteiger charge is -2.33. The largest absolute Gasteiger partial charge is 0.494 e. The SMILES string of the molecule is CN=C(NCCc1ccc(F)cc1F)NC1CCN(Cc2ccc(OC)c(F)c2)CC1.I. The third-order valence-corrected chi connectivity index (χ3v) is 5.48. The highest BCUT2D eigenvalue weighted by atomic mass is 127. The molecule has 1 aliphatic rings. The van der Waals surface area contributed by atoms with E-state index in [9.17, 15) is 13.2 Å². The highest BCUT2D eigenvalue weighted by Gasteiger charge is 2.20. The maximum atomic E-state index is 13.9. The molecule has 1 heterocycles. The van der Waals surface area contributed by atoms with Crippen LogP contribution in [0.2, 0.25) is 0 Å². The minimum Gasteiger partial charge on any atom is -0.494 e. The molecule has 0 amide bonds. The lowest BCUT2D eigenvalue weighted by Crippen LogP contribution is -2.48. The monoisotopic (exact) mass is 562 g/mol. The van der Waals surface area contributed by atoms with Crippen molar-refractivity contribution in [1.29, 1.82) is 0 Å². The molecule has 32 heavy (non-hydrogen) atoms. The van der Waals surface area contributed by atoms with E-state index < -0.39 is 11.6 Å². The first-order valence-corrected chi connectivity index (χ1v) is 10.4. The lowest BCUT2D eigenvalue weighted by molar-refractivity contribution is 0.198. The molecular weight excluding hydrogens is 532 g/mol. The van der Waals surface area contributed by atoms with Gasteiger partial charge < -0.3 is 15.4 Å². The van der Waals surface area contributed by atoms with Gasteiger partial charge in [0.2, 0.25) is 0 Å². The fraction of sp³-hybridized carbons (Fsp3) is 0.435. The van der Waals surface area contributed by atoms with Crippen LogP contribution in [0.5, 0.6) is 5.75 Å². The fourth-order valence-corrected chi connectivity index (χ4v) is 3.73. The van der Waals surface area contributed by atoms with Gasteiger partial charge in [0.05, 0.1) is 7.11 Å². The molecule has 2 N–H and O–H groups in total. The van der Waals surface area contributed by atoms with Crippen molar-refractivity contribution < 1.29 is 17.9 Å². The highest BCUT2D eigenvalue weighted by molar-refractivity contribution is 14.0. The van der Waals surface area contributed by atoms with Crippen molar-refractivity contribution in [3.63, 3.8) is 0 Å². The van der Waals surface area contributed by atoms with Crippen LogP contribution in [-0.2, 0) is 13.0 Å². The van der Waals surface area contributed by atoms with Crippen LogP contribution in [-0.4, -0.2) is 50.7 Å². The average molecular weight is 562 g/mol. The summed E-state index contributed by atoms with van der Waals surface area (Å²) in [6.07, 6.45) is 2.31. The van der Waals surface area contributed by atoms with Crippen molar-refractivity contribution in [2.45, 2.75) is 31.8 Å². The smallest absolute Gasteiger partial charge is 0.191 e. The molecule has 9 heteroatoms. The van der Waals surface area contributed by atoms with Gasteiger partial charge in [-0.2, -0.15) is 0 Å². The van der Waals surface area contributed by atoms with Gasteiger partial charge in [-0.15, -0.1) is 24.0 Å². The van der Waals surface area contributed by atoms with Crippen LogP contribution in [0, 0.1) is 17.5 Å². The second-order valence-corrected chi connectivity index (χ2v) is 7.65. The molecule has 0 bridgehead atoms. The Labute approximate surface area is 204 Å². The van der Waals surface area contributed by atoms with Crippen molar-refractivity contribution in [3.05, 3.63) is 65.0 Å². The van der Waals surface area contributed by atoms with Gasteiger partial charge in [-0.25, -0.2) is 13.2 Å². The van der Waals surface area contributed by atoms with E-state index in [4.69, 9.17) is 4.74 Å². The quantitative estimate of drug-likeness (QED) is 0.303. The Morgan fingerprint density at radius 2 is 1.84 bits per heavy atom. The predicted molar refractivity (Wildman–Crippen MR) is 131 cm³/mol. The van der Waals surface area contributed by atoms with E-state index in [2.05, 4.69) is 20.5 Å². The van der Waals surface area contributed by atoms with Gasteiger partial charge in [0.25, 0.3) is 0 Å². The summed E-state index contributed by atoms with van der Waals surface area (Å²) >= 11 is 0. The van der Waals surface area contributed by atoms with Crippen molar-refractivity contribution in [3.8, 4) is 5.75 Å². The molecule has 1 fully saturated rings. The minimum absolute atomic E-state index is 0. The van der Waals surface area contributed by atoms with E-state index in [1.807, 2.05) is 6.07 Å². The van der Waals surface area contributed by atoms with Crippen LogP contribution >= 0.6 is 24.0 Å². The van der Waals surface area contributed by atoms with Crippen molar-refractivity contribution in [2.75, 3.05) is 33.8 Å². The summed E-state index contributed by atoms with van der Waals surface area (Å²) < 4.78 is 45.6. The zero-order valence-corrected chi connectivity index (χ0v) is 20.7. The molecule has 5 nitrogen and oxygen atoms in total. The van der Waals surface area contributed by atoms with Crippen LogP contribution in [0.4, 0.5) is 13.2 Å². The summed E-state index contributed by atoms with van der Waals surface area (Å²) in [5.74, 6) is -0.526. The number of halogens is 4. The summed E-state index contributed by atoms with van der Waals surface area (Å²) in [5, 5.41) is 6.59. The molecule has 0 radical (unpaired) electrons. The molecule has 2 aromatic rings. The van der Waals surface area contributed by atoms with E-state index in [0.717, 1.165) is 37.6 Å². The third kappa shape index (κ3) is 7.54. The molecular formula is C23H30F3IN4O. The summed E-state index contributed by atoms with van der Waals surface area (Å²) in [4.78, 5) is 6.53. The molecule has 1 aliphatic heterocycles. The number of nitrogens with zero attached hydrogens (tertiary/aromatic N) is 2. The molecule has 0 aliphatic carbocycles. The van der Waals surface area contributed by atoms with E-state index >= 15 is 0 Å². The lowest BCUT2D eigenvalue weighted by atomic mass is 10.0. The number of rotatable bonds is 7. The summed E-state index contributed by atoms with van der Waals surface area (Å²) in [5.41, 5.74) is 1.39. The average Bonchev–Trinajstić information content (AvgIpc) is 2.76. The number of guanidine groups is 1. The van der Waals surface area contributed by atoms with Crippen LogP contribution in [0.25, 0.3) is 0 Å². The van der Waals surface area contributed by atoms with Crippen molar-refractivity contribution in [2.24, 2.45) is 4.99 Å². The van der Waals surface area contributed by atoms with Gasteiger partial charge in [-0.3, -0.25) is 9.89 Å². The fourth-order valence-electron chi connectivity index (χ4n) is 3.73. The second-order valence-electron chi connectivity index (χ2n) is 7.65. The van der Waals surface area contributed by atoms with Crippen LogP contribution < -0.4 is 15.4 Å². The number of aliphatic imine (C=N–C) groups is 1. The molecule has 0 aromatic heterocycles. The van der Waals surface area contributed by atoms with Crippen LogP contribution in [0.15, 0.2) is 41.4 Å². The number of likely N-dealkylation sites (tertiary alicyclic amines) is 1. The minimum atomic E-state index is -0.574. The van der Waals surface area contributed by atoms with Crippen LogP contribution in [0.3, 0.4) is 0 Å². The van der Waals surface area contributed by atoms with Gasteiger partial charge in [-0.05, 0) is 48.6 Å². The number of hydrogen-bond acceptors (Lipinski definition) is 3. The Morgan fingerprint density at radius 1 is 1.09 bits per heavy atom. The Bertz CT molecular complexity index is 905. The summed E-state index contributed by atoms with van der Waals surface area (Å²) in [7, 11) is 3.15. The van der Waals surface area contributed by atoms with E-state index in [1.54, 1.807) is 13.1 Å². The van der Waals surface area contributed by atoms with E-state index in [0.29, 0.717) is 31.0 Å². The molecule has 2 aromatic carbocycles. The predicted octanol–water partition coefficient (Wildman–Crippen LogP) is 4.10. The Kier molecular flexibility index (Phi) is 10.6. The highest BCUT2D eigenvalue weighted by Crippen LogP contribution is 2.20. The molecule has 0 unspecified atom stereocenters. The number of hydrogen-bond donors (Lipinski definition) is 2. The van der Waals surface area contributed by atoms with Crippen molar-refractivity contribution >= 4 is 29.9 Å². The number of nitrogens with one attached hydrogen (secondary N) is 2. The van der Waals surface area contributed by atoms with Gasteiger partial charge in [0.1, 0.15) is 11.6 Å². The number of piperidine rings is 1. The molecule has 1 saturated heterocycles. The van der Waals surface area contributed by atoms with Gasteiger partial charge in [0, 0.05) is 45.3 Å². The van der Waals surface area contributed by atoms with Gasteiger partial charge in [-0.1, -0.05) is 12.1 Å². The molecule has 0 spiro atoms. The topological polar surface area (TPSA) is 48.9 Å². The molecule has 3 rings (SSSR count). The Morgan fingerprint density at radius 3 is 2.47 bits per heavy atom. The molecule has 176 valence electrons. The molecule has 0 atom stereocenters. The Balaban J connectivity index is 0.00000363. The number of methoxy groups -OCH3 is 1. The normalized spacial score (nSPS) is 15.2. The standard InChI is InChI=1S/C23H29F3N4O.HI/c1-27-23(28-10-7-17-4-5-18(24)14-20(17)25)29-19-8-11-30(12-9-19)15-16-3-6-22(31-2)21(26)13-16;/h3-6,13-14,19H,7-12,15H2,1-2H3,(H2,27,28,29);1H. The van der Waals surface area contributed by atoms with Gasteiger partial charge in [0.15, 0.2) is 17.5 Å². The first-order chi connectivity index (χ1) is 15.0. The van der Waals surface area contributed by atoms with Crippen molar-refractivity contribution in [1.82, 2.24) is 15.5 Å². The summed E-state index contributed by atoms with van der Waals surface area (Å²) in [6.45, 7) is 2.97. The first-order valence-electron chi connectivity index (χ1n) is 10.4. The summed E-state index contributed by atoms with van der Waals surface area (Å²) in [6, 6.07) is 8.98. The zero-order chi connectivity index (χ0) is 22.2. The van der Waals surface area contributed by atoms with E-state index in [-0.39, 0.29) is 41.6 Å². The third-order valence-electron chi connectivity index (χ3n) is 5.48. The maximum Gasteiger partial charge on any atom is 0.191 e. The zero-order valence-electron chi connectivity index (χ0n) is 18.3. The number of benzene rings is 2. The maximum absolute atomic E-state index is 13.9. The second kappa shape index (κ2) is 12.9. The first kappa shape index (κ1) is 26.2. The van der Waals surface area contributed by atoms with E-state index in [1.165, 1.54) is 25.3 Å².